The Labute approximate surface area is 296 Å². The van der Waals surface area contributed by atoms with Crippen LogP contribution in [0.5, 0.6) is 0 Å². The maximum Gasteiger partial charge on any atom is 0.338 e. The minimum absolute atomic E-state index is 0.0568. The maximum absolute atomic E-state index is 13.8. The van der Waals surface area contributed by atoms with Crippen molar-refractivity contribution >= 4 is 56.7 Å². The summed E-state index contributed by atoms with van der Waals surface area (Å²) in [5, 5.41) is 1.20. The summed E-state index contributed by atoms with van der Waals surface area (Å²) in [7, 11) is 0. The number of Topliss-reactive ketones (excluding diaryl/α,β-unsaturated/α-hetero) is 2. The molecular weight excluding hydrogens is 658 g/mol. The molecule has 1 N–H and O–H groups in total. The van der Waals surface area contributed by atoms with Crippen LogP contribution in [0, 0.1) is 0 Å². The number of benzene rings is 5. The normalized spacial score (nSPS) is 16.0. The van der Waals surface area contributed by atoms with Crippen molar-refractivity contribution in [3.05, 3.63) is 152 Å². The van der Waals surface area contributed by atoms with Gasteiger partial charge in [-0.2, -0.15) is 0 Å². The number of aromatic amines is 1. The highest BCUT2D eigenvalue weighted by atomic mass is 16.5. The smallest absolute Gasteiger partial charge is 0.338 e. The Balaban J connectivity index is 1.02. The lowest BCUT2D eigenvalue weighted by Gasteiger charge is -2.17. The average Bonchev–Trinajstić information content (AvgIpc) is 3.85. The van der Waals surface area contributed by atoms with Crippen molar-refractivity contribution in [3.8, 4) is 0 Å². The van der Waals surface area contributed by atoms with Gasteiger partial charge in [-0.15, -0.1) is 0 Å². The fourth-order valence-corrected chi connectivity index (χ4v) is 7.76. The molecule has 0 radical (unpaired) electrons. The number of aromatic nitrogens is 2. The summed E-state index contributed by atoms with van der Waals surface area (Å²) in [5.41, 5.74) is 2.84. The van der Waals surface area contributed by atoms with Gasteiger partial charge in [-0.25, -0.2) is 14.7 Å². The highest BCUT2D eigenvalue weighted by molar-refractivity contribution is 6.36. The molecule has 10 nitrogen and oxygen atoms in total. The summed E-state index contributed by atoms with van der Waals surface area (Å²) in [6.45, 7) is 0.0568. The number of carbonyl (C=O) groups excluding carboxylic acids is 5. The number of nitrogens with one attached hydrogen (secondary N) is 1. The molecule has 254 valence electrons. The van der Waals surface area contributed by atoms with E-state index in [1.54, 1.807) is 30.3 Å². The van der Waals surface area contributed by atoms with Gasteiger partial charge in [0.15, 0.2) is 11.6 Å². The Bertz CT molecular complexity index is 2550. The maximum atomic E-state index is 13.8. The van der Waals surface area contributed by atoms with Crippen LogP contribution in [0.3, 0.4) is 0 Å². The van der Waals surface area contributed by atoms with Crippen LogP contribution in [0.2, 0.25) is 0 Å². The zero-order chi connectivity index (χ0) is 35.7. The molecular formula is C42H29N3O7. The quantitative estimate of drug-likeness (QED) is 0.111. The molecule has 6 aromatic rings. The van der Waals surface area contributed by atoms with E-state index in [2.05, 4.69) is 9.97 Å². The first-order chi connectivity index (χ1) is 25.2. The van der Waals surface area contributed by atoms with E-state index in [4.69, 9.17) is 4.74 Å². The van der Waals surface area contributed by atoms with Gasteiger partial charge in [0.1, 0.15) is 18.3 Å². The molecule has 52 heavy (non-hydrogen) atoms. The van der Waals surface area contributed by atoms with Gasteiger partial charge in [-0.3, -0.25) is 24.0 Å². The number of amides is 2. The Morgan fingerprint density at radius 1 is 0.731 bits per heavy atom. The number of anilines is 1. The van der Waals surface area contributed by atoms with E-state index >= 15 is 0 Å². The fraction of sp³-hybridized carbons (Fsp3) is 0.167. The molecule has 0 spiro atoms. The van der Waals surface area contributed by atoms with Crippen LogP contribution in [0.25, 0.3) is 21.7 Å². The third-order valence-electron chi connectivity index (χ3n) is 10.4. The predicted octanol–water partition coefficient (Wildman–Crippen LogP) is 7.05. The Kier molecular flexibility index (Phi) is 7.28. The Morgan fingerprint density at radius 3 is 2.06 bits per heavy atom. The van der Waals surface area contributed by atoms with Gasteiger partial charge in [-0.1, -0.05) is 55.3 Å². The Hall–Kier alpha value is -6.55. The van der Waals surface area contributed by atoms with Crippen molar-refractivity contribution in [1.29, 1.82) is 0 Å². The molecule has 9 rings (SSSR count). The lowest BCUT2D eigenvalue weighted by Crippen LogP contribution is -2.29. The van der Waals surface area contributed by atoms with Crippen LogP contribution in [0.1, 0.15) is 106 Å². The van der Waals surface area contributed by atoms with E-state index in [1.807, 2.05) is 48.5 Å². The minimum Gasteiger partial charge on any atom is -0.457 e. The van der Waals surface area contributed by atoms with E-state index < -0.39 is 40.8 Å². The van der Waals surface area contributed by atoms with Crippen LogP contribution in [0.15, 0.2) is 102 Å². The van der Waals surface area contributed by atoms with E-state index in [0.717, 1.165) is 36.8 Å². The second-order valence-electron chi connectivity index (χ2n) is 13.6. The third-order valence-corrected chi connectivity index (χ3v) is 10.4. The molecule has 2 amide bonds. The van der Waals surface area contributed by atoms with Crippen molar-refractivity contribution in [1.82, 2.24) is 9.97 Å². The molecule has 2 aliphatic carbocycles. The van der Waals surface area contributed by atoms with Crippen molar-refractivity contribution in [2.75, 3.05) is 4.90 Å². The molecule has 0 atom stereocenters. The zero-order valence-corrected chi connectivity index (χ0v) is 27.7. The first kappa shape index (κ1) is 31.4. The van der Waals surface area contributed by atoms with E-state index in [9.17, 15) is 28.8 Å². The molecule has 3 aliphatic rings. The SMILES string of the molecule is O=C(OCc1ccccc1)c1ccc2c(=O)[nH]c(C3C(=O)c4cc5cc6c(cc5cc4C3=O)C(=O)N(c3cccc(C4CCCC4)c3)C6=O)nc2c1. The topological polar surface area (TPSA) is 144 Å². The van der Waals surface area contributed by atoms with E-state index in [0.29, 0.717) is 22.4 Å². The third kappa shape index (κ3) is 5.06. The number of rotatable bonds is 6. The number of H-pyrrole nitrogens is 1. The lowest BCUT2D eigenvalue weighted by molar-refractivity contribution is 0.0472. The van der Waals surface area contributed by atoms with Crippen molar-refractivity contribution in [2.24, 2.45) is 0 Å². The monoisotopic (exact) mass is 687 g/mol. The van der Waals surface area contributed by atoms with Crippen molar-refractivity contribution < 1.29 is 28.7 Å². The molecule has 1 aliphatic heterocycles. The average molecular weight is 688 g/mol. The molecule has 1 saturated carbocycles. The van der Waals surface area contributed by atoms with Gasteiger partial charge < -0.3 is 9.72 Å². The molecule has 0 bridgehead atoms. The number of nitrogens with zero attached hydrogens (tertiary/aromatic N) is 2. The summed E-state index contributed by atoms with van der Waals surface area (Å²) in [5.74, 6) is -3.80. The lowest BCUT2D eigenvalue weighted by atomic mass is 9.97. The second-order valence-corrected chi connectivity index (χ2v) is 13.6. The summed E-state index contributed by atoms with van der Waals surface area (Å²) in [6.07, 6.45) is 4.49. The van der Waals surface area contributed by atoms with Gasteiger partial charge in [0.2, 0.25) is 0 Å². The molecule has 1 fully saturated rings. The molecule has 5 aromatic carbocycles. The van der Waals surface area contributed by atoms with Crippen LogP contribution in [0.4, 0.5) is 5.69 Å². The number of hydrogen-bond acceptors (Lipinski definition) is 8. The van der Waals surface area contributed by atoms with Crippen molar-refractivity contribution in [3.63, 3.8) is 0 Å². The number of ketones is 2. The van der Waals surface area contributed by atoms with E-state index in [-0.39, 0.29) is 51.2 Å². The minimum atomic E-state index is -1.42. The number of fused-ring (bicyclic) bond motifs is 4. The highest BCUT2D eigenvalue weighted by Crippen LogP contribution is 2.40. The second kappa shape index (κ2) is 12.1. The van der Waals surface area contributed by atoms with Crippen LogP contribution in [-0.2, 0) is 11.3 Å². The largest absolute Gasteiger partial charge is 0.457 e. The zero-order valence-electron chi connectivity index (χ0n) is 27.7. The van der Waals surface area contributed by atoms with Gasteiger partial charge >= 0.3 is 5.97 Å². The van der Waals surface area contributed by atoms with Crippen molar-refractivity contribution in [2.45, 2.75) is 44.1 Å². The van der Waals surface area contributed by atoms with Gasteiger partial charge in [0.05, 0.1) is 33.3 Å². The molecule has 0 saturated heterocycles. The van der Waals surface area contributed by atoms with Gasteiger partial charge in [0.25, 0.3) is 17.4 Å². The van der Waals surface area contributed by atoms with E-state index in [1.165, 1.54) is 23.1 Å². The number of esters is 1. The molecule has 1 aromatic heterocycles. The summed E-state index contributed by atoms with van der Waals surface area (Å²) >= 11 is 0. The summed E-state index contributed by atoms with van der Waals surface area (Å²) in [4.78, 5) is 89.3. The van der Waals surface area contributed by atoms with Gasteiger partial charge in [0, 0.05) is 11.1 Å². The first-order valence-corrected chi connectivity index (χ1v) is 17.2. The predicted molar refractivity (Wildman–Crippen MR) is 192 cm³/mol. The highest BCUT2D eigenvalue weighted by Gasteiger charge is 2.43. The number of imide groups is 1. The number of ether oxygens (including phenoxy) is 1. The number of hydrogen-bond donors (Lipinski definition) is 1. The summed E-state index contributed by atoms with van der Waals surface area (Å²) < 4.78 is 5.43. The molecule has 0 unspecified atom stereocenters. The van der Waals surface area contributed by atoms with Crippen LogP contribution in [-0.4, -0.2) is 39.3 Å². The molecule has 10 heteroatoms. The fourth-order valence-electron chi connectivity index (χ4n) is 7.76. The number of carbonyl (C=O) groups is 5. The van der Waals surface area contributed by atoms with Crippen LogP contribution >= 0.6 is 0 Å². The summed E-state index contributed by atoms with van der Waals surface area (Å²) in [6, 6.07) is 27.4. The first-order valence-electron chi connectivity index (χ1n) is 17.2. The standard InChI is InChI=1S/C42H29N3O7/c46-36-30-16-26-18-32-33(41(50)45(40(32)49)28-12-6-11-24(15-28)23-9-4-5-10-23)19-27(26)17-31(30)37(47)35(36)38-43-34-20-25(13-14-29(34)39(48)44-38)42(51)52-21-22-7-2-1-3-8-22/h1-3,6-8,11-20,23,35H,4-5,9-10,21H2,(H,43,44,48). The molecule has 2 heterocycles. The van der Waals surface area contributed by atoms with Gasteiger partial charge in [-0.05, 0) is 95.3 Å². The Morgan fingerprint density at radius 2 is 1.38 bits per heavy atom. The van der Waals surface area contributed by atoms with Crippen LogP contribution < -0.4 is 10.5 Å².